The molecule has 1 unspecified atom stereocenters. The number of carbonyl (C=O) groups is 2. The van der Waals surface area contributed by atoms with Crippen LogP contribution in [0.5, 0.6) is 5.75 Å². The summed E-state index contributed by atoms with van der Waals surface area (Å²) in [5, 5.41) is 3.41. The molecule has 0 saturated heterocycles. The van der Waals surface area contributed by atoms with E-state index in [0.29, 0.717) is 27.9 Å². The molecule has 0 spiro atoms. The fraction of sp³-hybridized carbons (Fsp3) is 0.286. The van der Waals surface area contributed by atoms with Crippen LogP contribution in [0.4, 0.5) is 5.69 Å². The normalized spacial score (nSPS) is 11.9. The van der Waals surface area contributed by atoms with Gasteiger partial charge in [0.25, 0.3) is 10.0 Å². The Morgan fingerprint density at radius 2 is 1.59 bits per heavy atom. The molecular formula is C28H31Cl2N3O5S. The molecule has 3 aromatic carbocycles. The largest absolute Gasteiger partial charge is 0.497 e. The number of methoxy groups -OCH3 is 1. The fourth-order valence-corrected chi connectivity index (χ4v) is 6.02. The lowest BCUT2D eigenvalue weighted by Crippen LogP contribution is -2.52. The van der Waals surface area contributed by atoms with Crippen LogP contribution in [0.25, 0.3) is 0 Å². The summed E-state index contributed by atoms with van der Waals surface area (Å²) in [5.41, 5.74) is 0.684. The summed E-state index contributed by atoms with van der Waals surface area (Å²) in [4.78, 5) is 28.4. The maximum atomic E-state index is 14.0. The zero-order valence-corrected chi connectivity index (χ0v) is 24.3. The van der Waals surface area contributed by atoms with Gasteiger partial charge in [-0.25, -0.2) is 8.42 Å². The van der Waals surface area contributed by atoms with Crippen LogP contribution in [0.2, 0.25) is 10.0 Å². The summed E-state index contributed by atoms with van der Waals surface area (Å²) in [5.74, 6) is -0.552. The van der Waals surface area contributed by atoms with Gasteiger partial charge in [-0.1, -0.05) is 60.5 Å². The van der Waals surface area contributed by atoms with E-state index in [-0.39, 0.29) is 29.5 Å². The number of hydrogen-bond donors (Lipinski definition) is 1. The van der Waals surface area contributed by atoms with E-state index in [1.165, 1.54) is 30.2 Å². The first-order valence-corrected chi connectivity index (χ1v) is 14.6. The summed E-state index contributed by atoms with van der Waals surface area (Å²) >= 11 is 12.8. The topological polar surface area (TPSA) is 96.0 Å². The molecule has 0 radical (unpaired) electrons. The van der Waals surface area contributed by atoms with Crippen molar-refractivity contribution in [3.05, 3.63) is 88.4 Å². The molecule has 0 fully saturated rings. The predicted octanol–water partition coefficient (Wildman–Crippen LogP) is 5.14. The molecule has 11 heteroatoms. The minimum absolute atomic E-state index is 0.0112. The molecule has 1 N–H and O–H groups in total. The molecule has 0 aromatic heterocycles. The number of nitrogens with zero attached hydrogens (tertiary/aromatic N) is 2. The number of amides is 2. The van der Waals surface area contributed by atoms with Crippen LogP contribution in [0.3, 0.4) is 0 Å². The van der Waals surface area contributed by atoms with E-state index in [0.717, 1.165) is 4.31 Å². The Balaban J connectivity index is 2.11. The predicted molar refractivity (Wildman–Crippen MR) is 154 cm³/mol. The average Bonchev–Trinajstić information content (AvgIpc) is 2.93. The Morgan fingerprint density at radius 1 is 0.949 bits per heavy atom. The highest BCUT2D eigenvalue weighted by atomic mass is 35.5. The number of anilines is 1. The lowest BCUT2D eigenvalue weighted by Gasteiger charge is -2.33. The van der Waals surface area contributed by atoms with Gasteiger partial charge < -0.3 is 15.0 Å². The standard InChI is InChI=1S/C28H31Cl2N3O5S/c1-4-26(28(35)31-5-2)32(18-23-24(29)15-10-16-25(23)30)27(34)19-33(20-11-9-12-21(17-20)38-3)39(36,37)22-13-7-6-8-14-22/h6-17,26H,4-5,18-19H2,1-3H3,(H,31,35). The van der Waals surface area contributed by atoms with Crippen molar-refractivity contribution in [2.75, 3.05) is 24.5 Å². The van der Waals surface area contributed by atoms with E-state index in [9.17, 15) is 18.0 Å². The van der Waals surface area contributed by atoms with Crippen LogP contribution in [-0.2, 0) is 26.2 Å². The van der Waals surface area contributed by atoms with Crippen LogP contribution in [-0.4, -0.2) is 51.4 Å². The van der Waals surface area contributed by atoms with Crippen LogP contribution >= 0.6 is 23.2 Å². The number of likely N-dealkylation sites (N-methyl/N-ethyl adjacent to an activating group) is 1. The summed E-state index contributed by atoms with van der Waals surface area (Å²) in [7, 11) is -2.72. The number of rotatable bonds is 12. The highest BCUT2D eigenvalue weighted by Crippen LogP contribution is 2.30. The number of ether oxygens (including phenoxy) is 1. The quantitative estimate of drug-likeness (QED) is 0.314. The van der Waals surface area contributed by atoms with Gasteiger partial charge in [0.15, 0.2) is 0 Å². The zero-order valence-electron chi connectivity index (χ0n) is 21.9. The second kappa shape index (κ2) is 13.7. The Hall–Kier alpha value is -3.27. The van der Waals surface area contributed by atoms with Gasteiger partial charge in [-0.15, -0.1) is 0 Å². The van der Waals surface area contributed by atoms with E-state index in [1.807, 2.05) is 0 Å². The van der Waals surface area contributed by atoms with Crippen molar-refractivity contribution < 1.29 is 22.7 Å². The van der Waals surface area contributed by atoms with Crippen LogP contribution < -0.4 is 14.4 Å². The molecule has 0 aliphatic heterocycles. The molecule has 2 amide bonds. The van der Waals surface area contributed by atoms with Crippen molar-refractivity contribution in [2.45, 2.75) is 37.8 Å². The van der Waals surface area contributed by atoms with Crippen molar-refractivity contribution in [1.82, 2.24) is 10.2 Å². The Kier molecular flexibility index (Phi) is 10.6. The van der Waals surface area contributed by atoms with Gasteiger partial charge in [0.2, 0.25) is 11.8 Å². The third-order valence-corrected chi connectivity index (χ3v) is 8.57. The third kappa shape index (κ3) is 7.23. The van der Waals surface area contributed by atoms with E-state index < -0.39 is 28.5 Å². The first-order chi connectivity index (χ1) is 18.6. The molecule has 1 atom stereocenters. The van der Waals surface area contributed by atoms with Gasteiger partial charge in [0.05, 0.1) is 17.7 Å². The first kappa shape index (κ1) is 30.3. The summed E-state index contributed by atoms with van der Waals surface area (Å²) < 4.78 is 34.0. The minimum Gasteiger partial charge on any atom is -0.497 e. The third-order valence-electron chi connectivity index (χ3n) is 6.08. The average molecular weight is 593 g/mol. The fourth-order valence-electron chi connectivity index (χ4n) is 4.08. The molecule has 0 bridgehead atoms. The number of carbonyl (C=O) groups excluding carboxylic acids is 2. The van der Waals surface area contributed by atoms with Crippen molar-refractivity contribution >= 4 is 50.7 Å². The highest BCUT2D eigenvalue weighted by molar-refractivity contribution is 7.92. The van der Waals surface area contributed by atoms with Crippen LogP contribution in [0, 0.1) is 0 Å². The van der Waals surface area contributed by atoms with Crippen LogP contribution in [0.1, 0.15) is 25.8 Å². The number of nitrogens with one attached hydrogen (secondary N) is 1. The molecule has 0 aliphatic carbocycles. The van der Waals surface area contributed by atoms with Crippen molar-refractivity contribution in [2.24, 2.45) is 0 Å². The molecule has 39 heavy (non-hydrogen) atoms. The lowest BCUT2D eigenvalue weighted by molar-refractivity contribution is -0.140. The molecule has 8 nitrogen and oxygen atoms in total. The number of benzene rings is 3. The highest BCUT2D eigenvalue weighted by Gasteiger charge is 2.34. The SMILES string of the molecule is CCNC(=O)C(CC)N(Cc1c(Cl)cccc1Cl)C(=O)CN(c1cccc(OC)c1)S(=O)(=O)c1ccccc1. The molecule has 0 saturated carbocycles. The lowest BCUT2D eigenvalue weighted by atomic mass is 10.1. The van der Waals surface area contributed by atoms with Gasteiger partial charge in [-0.3, -0.25) is 13.9 Å². The van der Waals surface area contributed by atoms with Gasteiger partial charge in [-0.05, 0) is 49.7 Å². The monoisotopic (exact) mass is 591 g/mol. The van der Waals surface area contributed by atoms with E-state index in [4.69, 9.17) is 27.9 Å². The zero-order chi connectivity index (χ0) is 28.6. The summed E-state index contributed by atoms with van der Waals surface area (Å²) in [6.45, 7) is 3.24. The van der Waals surface area contributed by atoms with Crippen molar-refractivity contribution in [1.29, 1.82) is 0 Å². The van der Waals surface area contributed by atoms with E-state index in [1.54, 1.807) is 68.4 Å². The Labute approximate surface area is 239 Å². The molecule has 0 aliphatic rings. The van der Waals surface area contributed by atoms with Gasteiger partial charge in [0.1, 0.15) is 18.3 Å². The van der Waals surface area contributed by atoms with Crippen molar-refractivity contribution in [3.63, 3.8) is 0 Å². The van der Waals surface area contributed by atoms with Gasteiger partial charge in [0, 0.05) is 34.8 Å². The second-order valence-corrected chi connectivity index (χ2v) is 11.2. The first-order valence-electron chi connectivity index (χ1n) is 12.4. The molecule has 3 rings (SSSR count). The van der Waals surface area contributed by atoms with Crippen molar-refractivity contribution in [3.8, 4) is 5.75 Å². The number of hydrogen-bond acceptors (Lipinski definition) is 5. The van der Waals surface area contributed by atoms with Gasteiger partial charge >= 0.3 is 0 Å². The number of sulfonamides is 1. The maximum Gasteiger partial charge on any atom is 0.264 e. The smallest absolute Gasteiger partial charge is 0.264 e. The Bertz CT molecular complexity index is 1380. The molecular weight excluding hydrogens is 561 g/mol. The minimum atomic E-state index is -4.18. The summed E-state index contributed by atoms with van der Waals surface area (Å²) in [6.07, 6.45) is 0.282. The van der Waals surface area contributed by atoms with E-state index >= 15 is 0 Å². The summed E-state index contributed by atoms with van der Waals surface area (Å²) in [6, 6.07) is 18.3. The van der Waals surface area contributed by atoms with E-state index in [2.05, 4.69) is 5.32 Å². The number of halogens is 2. The molecule has 208 valence electrons. The van der Waals surface area contributed by atoms with Gasteiger partial charge in [-0.2, -0.15) is 0 Å². The molecule has 0 heterocycles. The second-order valence-electron chi connectivity index (χ2n) is 8.57. The molecule has 3 aromatic rings. The van der Waals surface area contributed by atoms with Crippen LogP contribution in [0.15, 0.2) is 77.7 Å². The Morgan fingerprint density at radius 3 is 2.18 bits per heavy atom. The maximum absolute atomic E-state index is 14.0.